The molecule has 3 heteroatoms. The highest BCUT2D eigenvalue weighted by molar-refractivity contribution is 7.25. The number of anilines is 3. The zero-order chi connectivity index (χ0) is 32.3. The minimum atomic E-state index is 1.12. The topological polar surface area (TPSA) is 8.17 Å². The Kier molecular flexibility index (Phi) is 6.39. The van der Waals surface area contributed by atoms with Crippen LogP contribution in [0.4, 0.5) is 17.1 Å². The fourth-order valence-corrected chi connectivity index (χ4v) is 8.51. The number of aromatic nitrogens is 1. The number of para-hydroxylation sites is 2. The maximum absolute atomic E-state index is 2.39. The van der Waals surface area contributed by atoms with Crippen LogP contribution in [0.25, 0.3) is 69.6 Å². The number of rotatable bonds is 5. The molecule has 0 spiro atoms. The van der Waals surface area contributed by atoms with Crippen molar-refractivity contribution in [3.63, 3.8) is 0 Å². The fourth-order valence-electron chi connectivity index (χ4n) is 7.42. The van der Waals surface area contributed by atoms with Crippen molar-refractivity contribution in [1.82, 2.24) is 4.57 Å². The lowest BCUT2D eigenvalue weighted by molar-refractivity contribution is 1.18. The minimum absolute atomic E-state index is 1.12. The van der Waals surface area contributed by atoms with Crippen molar-refractivity contribution in [2.45, 2.75) is 0 Å². The Bertz CT molecular complexity index is 2830. The molecule has 8 aromatic carbocycles. The second-order valence-electron chi connectivity index (χ2n) is 12.6. The predicted molar refractivity (Wildman–Crippen MR) is 211 cm³/mol. The van der Waals surface area contributed by atoms with Gasteiger partial charge < -0.3 is 9.47 Å². The van der Waals surface area contributed by atoms with Gasteiger partial charge in [-0.3, -0.25) is 0 Å². The van der Waals surface area contributed by atoms with E-state index >= 15 is 0 Å². The Hall–Kier alpha value is -6.16. The summed E-state index contributed by atoms with van der Waals surface area (Å²) in [5.41, 5.74) is 9.39. The highest BCUT2D eigenvalue weighted by Crippen LogP contribution is 2.42. The highest BCUT2D eigenvalue weighted by Gasteiger charge is 2.17. The molecule has 0 unspecified atom stereocenters. The van der Waals surface area contributed by atoms with Crippen LogP contribution in [0.5, 0.6) is 0 Å². The molecule has 49 heavy (non-hydrogen) atoms. The normalized spacial score (nSPS) is 11.7. The van der Waals surface area contributed by atoms with Crippen LogP contribution in [0.1, 0.15) is 0 Å². The zero-order valence-corrected chi connectivity index (χ0v) is 27.4. The van der Waals surface area contributed by atoms with Gasteiger partial charge in [-0.25, -0.2) is 0 Å². The number of fused-ring (bicyclic) bond motifs is 7. The summed E-state index contributed by atoms with van der Waals surface area (Å²) in [6.07, 6.45) is 0. The van der Waals surface area contributed by atoms with E-state index in [1.54, 1.807) is 0 Å². The van der Waals surface area contributed by atoms with E-state index in [1.807, 2.05) is 11.3 Å². The molecule has 0 aliphatic carbocycles. The number of hydrogen-bond donors (Lipinski definition) is 0. The molecule has 0 N–H and O–H groups in total. The molecule has 10 aromatic rings. The molecule has 0 aliphatic rings. The van der Waals surface area contributed by atoms with Gasteiger partial charge >= 0.3 is 0 Å². The van der Waals surface area contributed by atoms with E-state index in [1.165, 1.54) is 69.6 Å². The van der Waals surface area contributed by atoms with Gasteiger partial charge in [-0.15, -0.1) is 11.3 Å². The fraction of sp³-hybridized carbons (Fsp3) is 0. The van der Waals surface area contributed by atoms with Crippen LogP contribution in [-0.2, 0) is 0 Å². The molecule has 10 rings (SSSR count). The van der Waals surface area contributed by atoms with Gasteiger partial charge in [0.25, 0.3) is 0 Å². The summed E-state index contributed by atoms with van der Waals surface area (Å²) in [5, 5.41) is 7.60. The van der Waals surface area contributed by atoms with E-state index in [4.69, 9.17) is 0 Å². The maximum Gasteiger partial charge on any atom is 0.0547 e. The average Bonchev–Trinajstić information content (AvgIpc) is 3.71. The first-order valence-electron chi connectivity index (χ1n) is 16.7. The van der Waals surface area contributed by atoms with Gasteiger partial charge in [0.2, 0.25) is 0 Å². The van der Waals surface area contributed by atoms with Crippen LogP contribution >= 0.6 is 11.3 Å². The predicted octanol–water partition coefficient (Wildman–Crippen LogP) is 13.4. The van der Waals surface area contributed by atoms with Crippen LogP contribution in [0.3, 0.4) is 0 Å². The zero-order valence-electron chi connectivity index (χ0n) is 26.6. The van der Waals surface area contributed by atoms with Crippen molar-refractivity contribution in [2.75, 3.05) is 4.90 Å². The van der Waals surface area contributed by atoms with Gasteiger partial charge in [0.05, 0.1) is 11.0 Å². The van der Waals surface area contributed by atoms with E-state index in [2.05, 4.69) is 191 Å². The largest absolute Gasteiger partial charge is 0.310 e. The van der Waals surface area contributed by atoms with Gasteiger partial charge in [0.15, 0.2) is 0 Å². The van der Waals surface area contributed by atoms with Crippen molar-refractivity contribution in [1.29, 1.82) is 0 Å². The van der Waals surface area contributed by atoms with Gasteiger partial charge in [0.1, 0.15) is 0 Å². The Labute approximate surface area is 288 Å². The van der Waals surface area contributed by atoms with E-state index in [-0.39, 0.29) is 0 Å². The van der Waals surface area contributed by atoms with Crippen LogP contribution in [0.15, 0.2) is 182 Å². The number of hydrogen-bond acceptors (Lipinski definition) is 2. The van der Waals surface area contributed by atoms with Crippen LogP contribution < -0.4 is 4.90 Å². The molecule has 0 aliphatic heterocycles. The Morgan fingerprint density at radius 3 is 1.88 bits per heavy atom. The van der Waals surface area contributed by atoms with Gasteiger partial charge in [-0.2, -0.15) is 0 Å². The summed E-state index contributed by atoms with van der Waals surface area (Å²) in [4.78, 5) is 2.39. The second-order valence-corrected chi connectivity index (χ2v) is 13.7. The van der Waals surface area contributed by atoms with Crippen molar-refractivity contribution in [3.8, 4) is 16.8 Å². The van der Waals surface area contributed by atoms with E-state index in [0.717, 1.165) is 17.1 Å². The molecule has 0 bridgehead atoms. The molecule has 0 amide bonds. The maximum atomic E-state index is 2.39. The summed E-state index contributed by atoms with van der Waals surface area (Å²) in [7, 11) is 0. The smallest absolute Gasteiger partial charge is 0.0547 e. The molecule has 0 saturated carbocycles. The van der Waals surface area contributed by atoms with Crippen molar-refractivity contribution in [3.05, 3.63) is 182 Å². The first-order valence-corrected chi connectivity index (χ1v) is 17.5. The third-order valence-corrected chi connectivity index (χ3v) is 10.9. The number of benzene rings is 8. The summed E-state index contributed by atoms with van der Waals surface area (Å²) in [6, 6.07) is 66.3. The van der Waals surface area contributed by atoms with Gasteiger partial charge in [-0.05, 0) is 94.7 Å². The minimum Gasteiger partial charge on any atom is -0.310 e. The molecular weight excluding hydrogens is 613 g/mol. The van der Waals surface area contributed by atoms with Crippen molar-refractivity contribution >= 4 is 81.1 Å². The van der Waals surface area contributed by atoms with Crippen molar-refractivity contribution in [2.24, 2.45) is 0 Å². The molecule has 230 valence electrons. The third kappa shape index (κ3) is 4.62. The van der Waals surface area contributed by atoms with Crippen LogP contribution in [-0.4, -0.2) is 4.57 Å². The third-order valence-electron chi connectivity index (χ3n) is 9.76. The first-order chi connectivity index (χ1) is 24.3. The molecule has 2 nitrogen and oxygen atoms in total. The lowest BCUT2D eigenvalue weighted by Gasteiger charge is -2.26. The molecule has 2 aromatic heterocycles. The summed E-state index contributed by atoms with van der Waals surface area (Å²) >= 11 is 1.86. The molecule has 0 fully saturated rings. The monoisotopic (exact) mass is 642 g/mol. The van der Waals surface area contributed by atoms with Gasteiger partial charge in [-0.1, -0.05) is 109 Å². The molecule has 0 radical (unpaired) electrons. The van der Waals surface area contributed by atoms with Crippen LogP contribution in [0.2, 0.25) is 0 Å². The summed E-state index contributed by atoms with van der Waals surface area (Å²) < 4.78 is 5.01. The molecule has 0 atom stereocenters. The number of thiophene rings is 1. The summed E-state index contributed by atoms with van der Waals surface area (Å²) in [5.74, 6) is 0. The summed E-state index contributed by atoms with van der Waals surface area (Å²) in [6.45, 7) is 0. The van der Waals surface area contributed by atoms with E-state index in [0.29, 0.717) is 0 Å². The lowest BCUT2D eigenvalue weighted by atomic mass is 10.0. The average molecular weight is 643 g/mol. The van der Waals surface area contributed by atoms with Crippen LogP contribution in [0, 0.1) is 0 Å². The SMILES string of the molecule is c1ccc(-n2c3ccccc3c3ccc(-c4ccc(N(c5ccc6ccccc6c5)c5ccc6sc7ccccc7c6c5)cc4)cc32)cc1. The Balaban J connectivity index is 1.11. The molecule has 0 saturated heterocycles. The Morgan fingerprint density at radius 2 is 1.00 bits per heavy atom. The van der Waals surface area contributed by atoms with Gasteiger partial charge in [0, 0.05) is 53.7 Å². The lowest BCUT2D eigenvalue weighted by Crippen LogP contribution is -2.09. The first kappa shape index (κ1) is 27.9. The Morgan fingerprint density at radius 1 is 0.367 bits per heavy atom. The van der Waals surface area contributed by atoms with E-state index < -0.39 is 0 Å². The number of nitrogens with zero attached hydrogens (tertiary/aromatic N) is 2. The highest BCUT2D eigenvalue weighted by atomic mass is 32.1. The van der Waals surface area contributed by atoms with E-state index in [9.17, 15) is 0 Å². The van der Waals surface area contributed by atoms with Crippen molar-refractivity contribution < 1.29 is 0 Å². The quantitative estimate of drug-likeness (QED) is 0.181. The second kappa shape index (κ2) is 11.2. The standard InChI is InChI=1S/C46H30N2S/c1-2-12-35(13-3-1)48-43-16-8-6-14-39(43)40-26-21-34(29-44(40)48)32-18-22-36(23-19-32)47(37-24-20-31-10-4-5-11-33(31)28-37)38-25-27-46-42(30-38)41-15-7-9-17-45(41)49-46/h1-30H. The molecular formula is C46H30N2S. The molecule has 2 heterocycles.